The van der Waals surface area contributed by atoms with Gasteiger partial charge in [-0.25, -0.2) is 4.79 Å². The Hall–Kier alpha value is -4.12. The van der Waals surface area contributed by atoms with Crippen LogP contribution in [0.4, 0.5) is 0 Å². The maximum Gasteiger partial charge on any atom is 0.337 e. The van der Waals surface area contributed by atoms with Crippen molar-refractivity contribution >= 4 is 23.3 Å². The third kappa shape index (κ3) is 8.34. The smallest absolute Gasteiger partial charge is 0.337 e. The van der Waals surface area contributed by atoms with Crippen molar-refractivity contribution in [1.82, 2.24) is 5.32 Å². The standard InChI is InChI=1S/C40H51NO18/c1-6-55-23(58-39-36(50)34(48)35(49)37(59-39)38(51)54-5)11-8-12-41-20-13-24(56-16(2)29(20)43)57-22-15-40(52,17(3)42)14-19-26(22)33(47)28-27(31(19)45)30(44)18-9-7-10-21(53-4)25(18)32(28)46/h7,9-10,16,20,22-24,29,34-37,39,41,43,45,47-50,52H,6,8,11-15H2,1-5H3/t16-,20+,22?,23?,24-,29+,34-,35-,36+,37-,39+,40?/m0/s1. The van der Waals surface area contributed by atoms with Gasteiger partial charge in [0.15, 0.2) is 36.5 Å². The highest BCUT2D eigenvalue weighted by Crippen LogP contribution is 2.52. The van der Waals surface area contributed by atoms with Gasteiger partial charge in [-0.1, -0.05) is 12.1 Å². The Bertz CT molecular complexity index is 1940. The second-order valence-corrected chi connectivity index (χ2v) is 15.1. The SMILES string of the molecule is CCOC(CCCN[C@@H]1C[C@H](OC2CC(O)(C(C)=O)Cc3c(O)c4c(c(O)c32)C(=O)c2c(OC)cccc2C4=O)O[C@@H](C)[C@H]1O)O[C@@H]1O[C@H](C(=O)OC)[C@@H](O)[C@H](O)[C@H]1O. The summed E-state index contributed by atoms with van der Waals surface area (Å²) < 4.78 is 39.1. The zero-order valence-electron chi connectivity index (χ0n) is 33.2. The van der Waals surface area contributed by atoms with E-state index >= 15 is 0 Å². The first-order chi connectivity index (χ1) is 28.0. The highest BCUT2D eigenvalue weighted by molar-refractivity contribution is 6.31. The second kappa shape index (κ2) is 17.8. The fraction of sp³-hybridized carbons (Fsp3) is 0.600. The van der Waals surface area contributed by atoms with Gasteiger partial charge in [0.2, 0.25) is 5.78 Å². The maximum atomic E-state index is 14.0. The molecule has 6 rings (SSSR count). The molecule has 0 spiro atoms. The maximum absolute atomic E-state index is 14.0. The third-order valence-corrected chi connectivity index (χ3v) is 11.4. The average Bonchev–Trinajstić information content (AvgIpc) is 3.20. The number of aliphatic hydroxyl groups excluding tert-OH is 4. The molecule has 2 aromatic carbocycles. The fourth-order valence-corrected chi connectivity index (χ4v) is 8.18. The van der Waals surface area contributed by atoms with Crippen molar-refractivity contribution in [1.29, 1.82) is 0 Å². The molecule has 3 unspecified atom stereocenters. The first-order valence-corrected chi connectivity index (χ1v) is 19.3. The molecule has 2 aliphatic carbocycles. The van der Waals surface area contributed by atoms with Crippen molar-refractivity contribution in [2.75, 3.05) is 27.4 Å². The summed E-state index contributed by atoms with van der Waals surface area (Å²) in [5, 5.41) is 80.3. The number of benzene rings is 2. The number of aromatic hydroxyl groups is 2. The molecular weight excluding hydrogens is 782 g/mol. The van der Waals surface area contributed by atoms with Gasteiger partial charge in [-0.15, -0.1) is 0 Å². The number of Topliss-reactive ketones (excluding diaryl/α,β-unsaturated/α-hetero) is 1. The lowest BCUT2D eigenvalue weighted by Crippen LogP contribution is -2.61. The Kier molecular flexibility index (Phi) is 13.4. The van der Waals surface area contributed by atoms with Crippen LogP contribution in [0, 0.1) is 0 Å². The molecule has 4 aliphatic rings. The number of ketones is 3. The lowest BCUT2D eigenvalue weighted by molar-refractivity contribution is -0.331. The number of esters is 1. The van der Waals surface area contributed by atoms with Crippen LogP contribution < -0.4 is 10.1 Å². The largest absolute Gasteiger partial charge is 0.507 e. The van der Waals surface area contributed by atoms with Crippen molar-refractivity contribution in [3.63, 3.8) is 0 Å². The van der Waals surface area contributed by atoms with E-state index in [0.29, 0.717) is 6.42 Å². The predicted molar refractivity (Wildman–Crippen MR) is 199 cm³/mol. The van der Waals surface area contributed by atoms with Crippen LogP contribution in [0.5, 0.6) is 17.2 Å². The number of phenolic OH excluding ortho intramolecular Hbond substituents is 2. The van der Waals surface area contributed by atoms with Crippen LogP contribution in [-0.4, -0.2) is 154 Å². The van der Waals surface area contributed by atoms with Gasteiger partial charge in [0.25, 0.3) is 0 Å². The van der Waals surface area contributed by atoms with Crippen molar-refractivity contribution < 1.29 is 88.1 Å². The highest BCUT2D eigenvalue weighted by Gasteiger charge is 2.51. The lowest BCUT2D eigenvalue weighted by Gasteiger charge is -2.43. The van der Waals surface area contributed by atoms with Crippen LogP contribution in [-0.2, 0) is 44.4 Å². The molecule has 19 heteroatoms. The molecular formula is C40H51NO18. The number of carbonyl (C=O) groups is 4. The van der Waals surface area contributed by atoms with E-state index in [1.54, 1.807) is 13.8 Å². The van der Waals surface area contributed by atoms with Crippen molar-refractivity contribution in [3.8, 4) is 17.2 Å². The quantitative estimate of drug-likeness (QED) is 0.0452. The van der Waals surface area contributed by atoms with Crippen molar-refractivity contribution in [2.24, 2.45) is 0 Å². The third-order valence-electron chi connectivity index (χ3n) is 11.4. The first kappa shape index (κ1) is 44.4. The summed E-state index contributed by atoms with van der Waals surface area (Å²) in [5.41, 5.74) is -3.48. The van der Waals surface area contributed by atoms with Gasteiger partial charge in [0, 0.05) is 48.6 Å². The molecule has 2 aliphatic heterocycles. The molecule has 59 heavy (non-hydrogen) atoms. The Labute approximate surface area is 338 Å². The number of ether oxygens (including phenoxy) is 7. The molecule has 324 valence electrons. The number of aliphatic hydroxyl groups is 5. The van der Waals surface area contributed by atoms with Crippen molar-refractivity contribution in [3.05, 3.63) is 51.6 Å². The van der Waals surface area contributed by atoms with E-state index in [2.05, 4.69) is 10.1 Å². The Balaban J connectivity index is 1.18. The van der Waals surface area contributed by atoms with Gasteiger partial charge in [-0.2, -0.15) is 0 Å². The van der Waals surface area contributed by atoms with E-state index in [4.69, 9.17) is 28.4 Å². The summed E-state index contributed by atoms with van der Waals surface area (Å²) >= 11 is 0. The van der Waals surface area contributed by atoms with Gasteiger partial charge in [-0.05, 0) is 46.2 Å². The zero-order valence-corrected chi connectivity index (χ0v) is 33.2. The van der Waals surface area contributed by atoms with E-state index in [0.717, 1.165) is 14.0 Å². The normalized spacial score (nSPS) is 32.1. The molecule has 0 bridgehead atoms. The number of methoxy groups -OCH3 is 2. The summed E-state index contributed by atoms with van der Waals surface area (Å²) in [6.07, 6.45) is -14.1. The molecule has 2 saturated heterocycles. The lowest BCUT2D eigenvalue weighted by atomic mass is 9.72. The van der Waals surface area contributed by atoms with Gasteiger partial charge >= 0.3 is 5.97 Å². The number of hydrogen-bond acceptors (Lipinski definition) is 19. The number of phenols is 2. The fourth-order valence-electron chi connectivity index (χ4n) is 8.18. The summed E-state index contributed by atoms with van der Waals surface area (Å²) in [5.74, 6) is -4.47. The number of hydrogen-bond donors (Lipinski definition) is 8. The molecule has 2 heterocycles. The van der Waals surface area contributed by atoms with Crippen LogP contribution >= 0.6 is 0 Å². The molecule has 0 saturated carbocycles. The minimum Gasteiger partial charge on any atom is -0.507 e. The number of nitrogens with one attached hydrogen (secondary N) is 1. The Morgan fingerprint density at radius 1 is 0.966 bits per heavy atom. The molecule has 19 nitrogen and oxygen atoms in total. The van der Waals surface area contributed by atoms with E-state index in [1.807, 2.05) is 0 Å². The van der Waals surface area contributed by atoms with Gasteiger partial charge < -0.3 is 74.2 Å². The Morgan fingerprint density at radius 2 is 1.68 bits per heavy atom. The second-order valence-electron chi connectivity index (χ2n) is 15.1. The minimum atomic E-state index is -2.11. The zero-order chi connectivity index (χ0) is 43.1. The van der Waals surface area contributed by atoms with Gasteiger partial charge in [0.1, 0.15) is 41.2 Å². The van der Waals surface area contributed by atoms with E-state index in [9.17, 15) is 54.9 Å². The first-order valence-electron chi connectivity index (χ1n) is 19.3. The minimum absolute atomic E-state index is 0.0120. The van der Waals surface area contributed by atoms with E-state index in [1.165, 1.54) is 25.3 Å². The summed E-state index contributed by atoms with van der Waals surface area (Å²) in [4.78, 5) is 52.7. The monoisotopic (exact) mass is 833 g/mol. The van der Waals surface area contributed by atoms with Crippen LogP contribution in [0.3, 0.4) is 0 Å². The van der Waals surface area contributed by atoms with E-state index < -0.39 is 132 Å². The molecule has 0 aromatic heterocycles. The molecule has 2 aromatic rings. The van der Waals surface area contributed by atoms with Gasteiger partial charge in [-0.3, -0.25) is 14.4 Å². The number of carbonyl (C=O) groups excluding carboxylic acids is 4. The molecule has 12 atom stereocenters. The van der Waals surface area contributed by atoms with Crippen molar-refractivity contribution in [2.45, 2.75) is 126 Å². The summed E-state index contributed by atoms with van der Waals surface area (Å²) in [6.45, 7) is 4.92. The Morgan fingerprint density at radius 3 is 2.34 bits per heavy atom. The predicted octanol–water partition coefficient (Wildman–Crippen LogP) is -0.200. The molecule has 8 N–H and O–H groups in total. The van der Waals surface area contributed by atoms with Crippen LogP contribution in [0.1, 0.15) is 95.5 Å². The number of fused-ring (bicyclic) bond motifs is 3. The van der Waals surface area contributed by atoms with Gasteiger partial charge in [0.05, 0.1) is 49.2 Å². The summed E-state index contributed by atoms with van der Waals surface area (Å²) in [7, 11) is 2.39. The highest BCUT2D eigenvalue weighted by atomic mass is 16.8. The van der Waals surface area contributed by atoms with E-state index in [-0.39, 0.29) is 54.0 Å². The topological polar surface area (TPSA) is 287 Å². The average molecular weight is 834 g/mol. The molecule has 0 radical (unpaired) electrons. The number of rotatable bonds is 14. The van der Waals surface area contributed by atoms with Crippen LogP contribution in [0.15, 0.2) is 18.2 Å². The summed E-state index contributed by atoms with van der Waals surface area (Å²) in [6, 6.07) is 3.72. The molecule has 0 amide bonds. The molecule has 2 fully saturated rings. The van der Waals surface area contributed by atoms with Crippen LogP contribution in [0.25, 0.3) is 0 Å². The van der Waals surface area contributed by atoms with Crippen LogP contribution in [0.2, 0.25) is 0 Å².